The van der Waals surface area contributed by atoms with E-state index in [1.54, 1.807) is 0 Å². The van der Waals surface area contributed by atoms with Gasteiger partial charge in [-0.25, -0.2) is 4.57 Å². The van der Waals surface area contributed by atoms with Crippen LogP contribution >= 0.6 is 7.82 Å². The standard InChI is InChI=1S/C71H120NO8P/c1-3-5-7-9-11-13-15-17-19-21-23-25-27-28-29-30-31-32-33-34-35-36-37-38-39-40-42-44-46-48-50-52-54-56-58-60-62-64-71(74)80-69(68-79-81(75,76)78-66-65-72)67-77-70(73)63-61-59-57-55-53-51-49-47-45-43-41-26-24-22-20-18-16-14-12-10-8-6-4-2/h5-8,11-14,17-20,23-26,28-29,31-32,43,45,69H,3-4,9-10,15-16,21-22,27,30,33-42,44,46-68,72H2,1-2H3,(H,75,76)/b7-5-,8-6-,13-11-,14-12-,19-17-,20-18-,25-23-,26-24-,29-28-,32-31-,45-43-. The van der Waals surface area contributed by atoms with E-state index in [1.807, 2.05) is 0 Å². The molecule has 462 valence electrons. The van der Waals surface area contributed by atoms with Crippen LogP contribution in [0.3, 0.4) is 0 Å². The minimum atomic E-state index is -4.40. The van der Waals surface area contributed by atoms with Gasteiger partial charge in [0.2, 0.25) is 0 Å². The zero-order valence-corrected chi connectivity index (χ0v) is 52.6. The number of nitrogens with two attached hydrogens (primary N) is 1. The second-order valence-electron chi connectivity index (χ2n) is 21.2. The molecule has 0 spiro atoms. The first-order valence-electron chi connectivity index (χ1n) is 32.7. The molecule has 0 rings (SSSR count). The molecule has 0 heterocycles. The third-order valence-electron chi connectivity index (χ3n) is 13.5. The van der Waals surface area contributed by atoms with Crippen LogP contribution in [0.15, 0.2) is 134 Å². The molecule has 0 radical (unpaired) electrons. The van der Waals surface area contributed by atoms with Gasteiger partial charge in [-0.2, -0.15) is 0 Å². The molecule has 81 heavy (non-hydrogen) atoms. The predicted octanol–water partition coefficient (Wildman–Crippen LogP) is 21.3. The third-order valence-corrected chi connectivity index (χ3v) is 14.5. The number of phosphoric ester groups is 1. The Labute approximate surface area is 497 Å². The Hall–Kier alpha value is -3.85. The van der Waals surface area contributed by atoms with Gasteiger partial charge in [0.1, 0.15) is 6.61 Å². The molecule has 0 aromatic heterocycles. The number of allylic oxidation sites excluding steroid dienone is 22. The van der Waals surface area contributed by atoms with Gasteiger partial charge in [-0.15, -0.1) is 0 Å². The van der Waals surface area contributed by atoms with E-state index < -0.39 is 32.5 Å². The molecule has 0 aromatic carbocycles. The largest absolute Gasteiger partial charge is 0.472 e. The topological polar surface area (TPSA) is 134 Å². The zero-order chi connectivity index (χ0) is 58.7. The van der Waals surface area contributed by atoms with Crippen LogP contribution in [-0.2, 0) is 32.7 Å². The van der Waals surface area contributed by atoms with E-state index in [2.05, 4.69) is 148 Å². The maximum absolute atomic E-state index is 12.7. The normalized spacial score (nSPS) is 13.9. The first-order valence-corrected chi connectivity index (χ1v) is 34.2. The summed E-state index contributed by atoms with van der Waals surface area (Å²) >= 11 is 0. The fourth-order valence-electron chi connectivity index (χ4n) is 8.79. The summed E-state index contributed by atoms with van der Waals surface area (Å²) in [7, 11) is -4.40. The predicted molar refractivity (Wildman–Crippen MR) is 348 cm³/mol. The van der Waals surface area contributed by atoms with E-state index >= 15 is 0 Å². The number of rotatable bonds is 60. The Morgan fingerprint density at radius 3 is 0.951 bits per heavy atom. The molecule has 0 aliphatic heterocycles. The number of carbonyl (C=O) groups is 2. The van der Waals surface area contributed by atoms with Crippen molar-refractivity contribution < 1.29 is 37.6 Å². The number of esters is 2. The van der Waals surface area contributed by atoms with Gasteiger partial charge < -0.3 is 20.1 Å². The molecule has 2 atom stereocenters. The smallest absolute Gasteiger partial charge is 0.462 e. The lowest BCUT2D eigenvalue weighted by molar-refractivity contribution is -0.161. The van der Waals surface area contributed by atoms with Crippen LogP contribution < -0.4 is 5.73 Å². The monoisotopic (exact) mass is 1150 g/mol. The van der Waals surface area contributed by atoms with Crippen molar-refractivity contribution >= 4 is 19.8 Å². The highest BCUT2D eigenvalue weighted by Crippen LogP contribution is 2.43. The maximum Gasteiger partial charge on any atom is 0.472 e. The van der Waals surface area contributed by atoms with Gasteiger partial charge in [0.25, 0.3) is 0 Å². The van der Waals surface area contributed by atoms with Gasteiger partial charge in [0, 0.05) is 19.4 Å². The summed E-state index contributed by atoms with van der Waals surface area (Å²) in [5.74, 6) is -0.840. The number of hydrogen-bond acceptors (Lipinski definition) is 8. The number of ether oxygens (including phenoxy) is 2. The van der Waals surface area contributed by atoms with E-state index in [1.165, 1.54) is 116 Å². The van der Waals surface area contributed by atoms with Crippen LogP contribution in [0.25, 0.3) is 0 Å². The molecule has 0 aliphatic carbocycles. The highest BCUT2D eigenvalue weighted by Gasteiger charge is 2.26. The lowest BCUT2D eigenvalue weighted by Gasteiger charge is -2.19. The highest BCUT2D eigenvalue weighted by atomic mass is 31.2. The van der Waals surface area contributed by atoms with Crippen molar-refractivity contribution in [3.8, 4) is 0 Å². The third kappa shape index (κ3) is 65.2. The van der Waals surface area contributed by atoms with Gasteiger partial charge in [-0.05, 0) is 109 Å². The molecule has 9 nitrogen and oxygen atoms in total. The van der Waals surface area contributed by atoms with Crippen LogP contribution in [0.1, 0.15) is 271 Å². The van der Waals surface area contributed by atoms with Crippen LogP contribution in [-0.4, -0.2) is 49.3 Å². The summed E-state index contributed by atoms with van der Waals surface area (Å²) in [4.78, 5) is 35.3. The molecule has 3 N–H and O–H groups in total. The van der Waals surface area contributed by atoms with Crippen molar-refractivity contribution in [2.75, 3.05) is 26.4 Å². The summed E-state index contributed by atoms with van der Waals surface area (Å²) in [6.45, 7) is 3.51. The summed E-state index contributed by atoms with van der Waals surface area (Å²) in [5.41, 5.74) is 5.39. The van der Waals surface area contributed by atoms with Crippen molar-refractivity contribution in [1.29, 1.82) is 0 Å². The Morgan fingerprint density at radius 1 is 0.370 bits per heavy atom. The highest BCUT2D eigenvalue weighted by molar-refractivity contribution is 7.47. The van der Waals surface area contributed by atoms with E-state index in [-0.39, 0.29) is 32.6 Å². The number of phosphoric acid groups is 1. The fourth-order valence-corrected chi connectivity index (χ4v) is 9.55. The summed E-state index contributed by atoms with van der Waals surface area (Å²) in [6.07, 6.45) is 92.4. The van der Waals surface area contributed by atoms with Gasteiger partial charge in [0.05, 0.1) is 13.2 Å². The summed E-state index contributed by atoms with van der Waals surface area (Å²) in [5, 5.41) is 0. The van der Waals surface area contributed by atoms with Crippen molar-refractivity contribution in [2.24, 2.45) is 5.73 Å². The van der Waals surface area contributed by atoms with E-state index in [4.69, 9.17) is 24.3 Å². The SMILES string of the molecule is CC/C=C\C/C=C\C/C=C\C/C=C\C/C=C\C/C=C\CCCCCCCCCCCCCCCCCCCCC(=O)OC(COC(=O)CCCCCCCCC/C=C\C/C=C\C/C=C\C/C=C\C/C=C\CC)COP(=O)(O)OCCN. The van der Waals surface area contributed by atoms with Gasteiger partial charge in [-0.3, -0.25) is 18.6 Å². The van der Waals surface area contributed by atoms with Crippen molar-refractivity contribution in [1.82, 2.24) is 0 Å². The molecule has 0 fully saturated rings. The Balaban J connectivity index is 3.91. The van der Waals surface area contributed by atoms with Crippen molar-refractivity contribution in [3.05, 3.63) is 134 Å². The molecule has 10 heteroatoms. The van der Waals surface area contributed by atoms with Crippen molar-refractivity contribution in [3.63, 3.8) is 0 Å². The summed E-state index contributed by atoms with van der Waals surface area (Å²) in [6, 6.07) is 0. The first-order chi connectivity index (χ1) is 39.8. The second kappa shape index (κ2) is 65.3. The lowest BCUT2D eigenvalue weighted by atomic mass is 10.0. The van der Waals surface area contributed by atoms with E-state index in [9.17, 15) is 19.0 Å². The van der Waals surface area contributed by atoms with Gasteiger partial charge >= 0.3 is 19.8 Å². The maximum atomic E-state index is 12.7. The Kier molecular flexibility index (Phi) is 62.2. The number of carbonyl (C=O) groups excluding carboxylic acids is 2. The fraction of sp³-hybridized carbons (Fsp3) is 0.662. The van der Waals surface area contributed by atoms with Crippen LogP contribution in [0.2, 0.25) is 0 Å². The average molecular weight is 1150 g/mol. The number of unbranched alkanes of at least 4 members (excludes halogenated alkanes) is 25. The second-order valence-corrected chi connectivity index (χ2v) is 22.7. The lowest BCUT2D eigenvalue weighted by Crippen LogP contribution is -2.29. The molecule has 0 saturated heterocycles. The molecular formula is C71H120NO8P. The van der Waals surface area contributed by atoms with E-state index in [0.717, 1.165) is 116 Å². The van der Waals surface area contributed by atoms with E-state index in [0.29, 0.717) is 12.8 Å². The minimum Gasteiger partial charge on any atom is -0.462 e. The minimum absolute atomic E-state index is 0.0467. The molecular weight excluding hydrogens is 1030 g/mol. The summed E-state index contributed by atoms with van der Waals surface area (Å²) < 4.78 is 33.1. The average Bonchev–Trinajstić information content (AvgIpc) is 3.46. The first kappa shape index (κ1) is 77.2. The molecule has 0 bridgehead atoms. The Morgan fingerprint density at radius 2 is 0.642 bits per heavy atom. The molecule has 2 unspecified atom stereocenters. The quantitative estimate of drug-likeness (QED) is 0.0264. The zero-order valence-electron chi connectivity index (χ0n) is 51.7. The molecule has 0 saturated carbocycles. The van der Waals surface area contributed by atoms with Gasteiger partial charge in [-0.1, -0.05) is 282 Å². The van der Waals surface area contributed by atoms with Crippen LogP contribution in [0.4, 0.5) is 0 Å². The number of hydrogen-bond donors (Lipinski definition) is 2. The van der Waals surface area contributed by atoms with Crippen LogP contribution in [0, 0.1) is 0 Å². The van der Waals surface area contributed by atoms with Crippen molar-refractivity contribution in [2.45, 2.75) is 277 Å². The van der Waals surface area contributed by atoms with Gasteiger partial charge in [0.15, 0.2) is 6.10 Å². The molecule has 0 amide bonds. The Bertz CT molecular complexity index is 1790. The molecule has 0 aliphatic rings. The molecule has 0 aromatic rings. The van der Waals surface area contributed by atoms with Crippen LogP contribution in [0.5, 0.6) is 0 Å².